The van der Waals surface area contributed by atoms with E-state index in [9.17, 15) is 4.79 Å². The predicted octanol–water partition coefficient (Wildman–Crippen LogP) is 2.01. The van der Waals surface area contributed by atoms with E-state index in [-0.39, 0.29) is 11.9 Å². The summed E-state index contributed by atoms with van der Waals surface area (Å²) in [6.45, 7) is 5.11. The van der Waals surface area contributed by atoms with Gasteiger partial charge in [0.15, 0.2) is 0 Å². The number of amides is 1. The molecule has 1 atom stereocenters. The van der Waals surface area contributed by atoms with Gasteiger partial charge in [0.1, 0.15) is 0 Å². The summed E-state index contributed by atoms with van der Waals surface area (Å²) in [5.41, 5.74) is 7.26. The summed E-state index contributed by atoms with van der Waals surface area (Å²) < 4.78 is 2.11. The van der Waals surface area contributed by atoms with Crippen LogP contribution in [0.4, 0.5) is 0 Å². The monoisotopic (exact) mass is 251 g/mol. The number of hydrogen-bond donors (Lipinski definition) is 1. The van der Waals surface area contributed by atoms with Crippen molar-refractivity contribution in [2.75, 3.05) is 14.1 Å². The Balaban J connectivity index is 2.43. The molecule has 1 aromatic heterocycles. The maximum absolute atomic E-state index is 11.4. The van der Waals surface area contributed by atoms with Crippen molar-refractivity contribution in [1.82, 2.24) is 9.47 Å². The molecule has 1 amide bonds. The molecule has 0 radical (unpaired) electrons. The van der Waals surface area contributed by atoms with Crippen molar-refractivity contribution in [3.8, 4) is 0 Å². The SMILES string of the molecule is CC(C)C(N)c1ccn(CCCC(=O)N(C)C)c1. The fraction of sp³-hybridized carbons (Fsp3) is 0.643. The molecule has 4 heteroatoms. The molecule has 18 heavy (non-hydrogen) atoms. The number of nitrogens with two attached hydrogens (primary N) is 1. The molecule has 0 aromatic carbocycles. The second kappa shape index (κ2) is 6.59. The molecule has 1 rings (SSSR count). The van der Waals surface area contributed by atoms with Gasteiger partial charge in [-0.2, -0.15) is 0 Å². The van der Waals surface area contributed by atoms with Crippen molar-refractivity contribution in [3.63, 3.8) is 0 Å². The molecule has 0 fully saturated rings. The number of carbonyl (C=O) groups excluding carboxylic acids is 1. The van der Waals surface area contributed by atoms with E-state index in [2.05, 4.69) is 30.7 Å². The zero-order valence-corrected chi connectivity index (χ0v) is 11.9. The second-order valence-corrected chi connectivity index (χ2v) is 5.34. The van der Waals surface area contributed by atoms with Crippen LogP contribution in [0.2, 0.25) is 0 Å². The molecule has 0 aliphatic carbocycles. The minimum atomic E-state index is 0.0923. The third-order valence-corrected chi connectivity index (χ3v) is 3.18. The van der Waals surface area contributed by atoms with Crippen LogP contribution in [0, 0.1) is 5.92 Å². The molecule has 0 bridgehead atoms. The maximum Gasteiger partial charge on any atom is 0.222 e. The maximum atomic E-state index is 11.4. The Hall–Kier alpha value is -1.29. The zero-order valence-electron chi connectivity index (χ0n) is 11.9. The molecule has 0 spiro atoms. The number of hydrogen-bond acceptors (Lipinski definition) is 2. The van der Waals surface area contributed by atoms with Crippen molar-refractivity contribution in [1.29, 1.82) is 0 Å². The average Bonchev–Trinajstić information content (AvgIpc) is 2.76. The first kappa shape index (κ1) is 14.8. The Morgan fingerprint density at radius 2 is 2.11 bits per heavy atom. The molecule has 0 aliphatic heterocycles. The lowest BCUT2D eigenvalue weighted by atomic mass is 10.00. The van der Waals surface area contributed by atoms with Gasteiger partial charge in [-0.05, 0) is 24.0 Å². The Bertz CT molecular complexity index is 382. The van der Waals surface area contributed by atoms with Crippen molar-refractivity contribution in [3.05, 3.63) is 24.0 Å². The number of carbonyl (C=O) groups is 1. The molecule has 1 aromatic rings. The van der Waals surface area contributed by atoms with Gasteiger partial charge in [-0.25, -0.2) is 0 Å². The fourth-order valence-corrected chi connectivity index (χ4v) is 1.82. The summed E-state index contributed by atoms with van der Waals surface area (Å²) in [7, 11) is 3.58. The van der Waals surface area contributed by atoms with Gasteiger partial charge in [0.2, 0.25) is 5.91 Å². The lowest BCUT2D eigenvalue weighted by Crippen LogP contribution is -2.21. The quantitative estimate of drug-likeness (QED) is 0.841. The Kier molecular flexibility index (Phi) is 5.41. The molecular weight excluding hydrogens is 226 g/mol. The highest BCUT2D eigenvalue weighted by Crippen LogP contribution is 2.19. The van der Waals surface area contributed by atoms with Gasteiger partial charge >= 0.3 is 0 Å². The number of nitrogens with zero attached hydrogens (tertiary/aromatic N) is 2. The lowest BCUT2D eigenvalue weighted by Gasteiger charge is -2.13. The highest BCUT2D eigenvalue weighted by atomic mass is 16.2. The molecule has 1 heterocycles. The summed E-state index contributed by atoms with van der Waals surface area (Å²) >= 11 is 0. The Labute approximate surface area is 110 Å². The zero-order chi connectivity index (χ0) is 13.7. The van der Waals surface area contributed by atoms with E-state index in [1.54, 1.807) is 19.0 Å². The summed E-state index contributed by atoms with van der Waals surface area (Å²) in [6, 6.07) is 2.16. The van der Waals surface area contributed by atoms with Gasteiger partial charge in [-0.1, -0.05) is 13.8 Å². The Morgan fingerprint density at radius 3 is 2.67 bits per heavy atom. The smallest absolute Gasteiger partial charge is 0.222 e. The van der Waals surface area contributed by atoms with E-state index >= 15 is 0 Å². The number of rotatable bonds is 6. The summed E-state index contributed by atoms with van der Waals surface area (Å²) in [5, 5.41) is 0. The van der Waals surface area contributed by atoms with Crippen LogP contribution in [0.15, 0.2) is 18.5 Å². The summed E-state index contributed by atoms with van der Waals surface area (Å²) in [6.07, 6.45) is 5.58. The van der Waals surface area contributed by atoms with Gasteiger partial charge in [0, 0.05) is 45.5 Å². The largest absolute Gasteiger partial charge is 0.354 e. The minimum absolute atomic E-state index is 0.0923. The van der Waals surface area contributed by atoms with E-state index in [0.717, 1.165) is 13.0 Å². The van der Waals surface area contributed by atoms with E-state index in [0.29, 0.717) is 12.3 Å². The highest BCUT2D eigenvalue weighted by Gasteiger charge is 2.11. The van der Waals surface area contributed by atoms with Crippen LogP contribution in [-0.4, -0.2) is 29.5 Å². The normalized spacial score (nSPS) is 12.8. The second-order valence-electron chi connectivity index (χ2n) is 5.34. The molecule has 0 saturated carbocycles. The van der Waals surface area contributed by atoms with Crippen LogP contribution in [0.1, 0.15) is 38.3 Å². The third kappa shape index (κ3) is 4.18. The van der Waals surface area contributed by atoms with E-state index in [1.807, 2.05) is 6.20 Å². The molecule has 4 nitrogen and oxygen atoms in total. The topological polar surface area (TPSA) is 51.3 Å². The third-order valence-electron chi connectivity index (χ3n) is 3.18. The lowest BCUT2D eigenvalue weighted by molar-refractivity contribution is -0.128. The van der Waals surface area contributed by atoms with E-state index < -0.39 is 0 Å². The standard InChI is InChI=1S/C14H25N3O/c1-11(2)14(15)12-7-9-17(10-12)8-5-6-13(18)16(3)4/h7,9-11,14H,5-6,8,15H2,1-4H3. The molecular formula is C14H25N3O. The van der Waals surface area contributed by atoms with E-state index in [4.69, 9.17) is 5.73 Å². The first-order valence-corrected chi connectivity index (χ1v) is 6.53. The summed E-state index contributed by atoms with van der Waals surface area (Å²) in [4.78, 5) is 13.1. The van der Waals surface area contributed by atoms with Crippen LogP contribution in [0.3, 0.4) is 0 Å². The van der Waals surface area contributed by atoms with Crippen molar-refractivity contribution >= 4 is 5.91 Å². The van der Waals surface area contributed by atoms with Gasteiger partial charge in [0.25, 0.3) is 0 Å². The Morgan fingerprint density at radius 1 is 1.44 bits per heavy atom. The number of aryl methyl sites for hydroxylation is 1. The van der Waals surface area contributed by atoms with Crippen molar-refractivity contribution < 1.29 is 4.79 Å². The molecule has 2 N–H and O–H groups in total. The van der Waals surface area contributed by atoms with Crippen molar-refractivity contribution in [2.45, 2.75) is 39.3 Å². The highest BCUT2D eigenvalue weighted by molar-refractivity contribution is 5.75. The average molecular weight is 251 g/mol. The predicted molar refractivity (Wildman–Crippen MR) is 74.1 cm³/mol. The van der Waals surface area contributed by atoms with Crippen LogP contribution >= 0.6 is 0 Å². The van der Waals surface area contributed by atoms with Gasteiger partial charge in [-0.15, -0.1) is 0 Å². The first-order chi connectivity index (χ1) is 8.41. The molecule has 0 aliphatic rings. The van der Waals surface area contributed by atoms with Gasteiger partial charge in [0.05, 0.1) is 0 Å². The van der Waals surface area contributed by atoms with E-state index in [1.165, 1.54) is 5.56 Å². The van der Waals surface area contributed by atoms with Crippen LogP contribution in [-0.2, 0) is 11.3 Å². The van der Waals surface area contributed by atoms with Crippen LogP contribution < -0.4 is 5.73 Å². The van der Waals surface area contributed by atoms with Gasteiger partial charge in [-0.3, -0.25) is 4.79 Å². The van der Waals surface area contributed by atoms with Crippen LogP contribution in [0.5, 0.6) is 0 Å². The van der Waals surface area contributed by atoms with Crippen LogP contribution in [0.25, 0.3) is 0 Å². The fourth-order valence-electron chi connectivity index (χ4n) is 1.82. The number of aromatic nitrogens is 1. The first-order valence-electron chi connectivity index (χ1n) is 6.53. The molecule has 0 saturated heterocycles. The summed E-state index contributed by atoms with van der Waals surface area (Å²) in [5.74, 6) is 0.623. The minimum Gasteiger partial charge on any atom is -0.354 e. The molecule has 102 valence electrons. The van der Waals surface area contributed by atoms with Gasteiger partial charge < -0.3 is 15.2 Å². The van der Waals surface area contributed by atoms with Crippen molar-refractivity contribution in [2.24, 2.45) is 11.7 Å². The molecule has 1 unspecified atom stereocenters.